The summed E-state index contributed by atoms with van der Waals surface area (Å²) in [6.45, 7) is 4.50. The number of unbranched alkanes of at least 4 members (excludes halogenated alkanes) is 16. The topological polar surface area (TPSA) is 34.1 Å². The van der Waals surface area contributed by atoms with Gasteiger partial charge in [-0.25, -0.2) is 8.42 Å². The molecule has 0 aliphatic heterocycles. The fraction of sp³-hybridized carbons (Fsp3) is 1.00. The fourth-order valence-electron chi connectivity index (χ4n) is 3.25. The molecule has 0 bridgehead atoms. The first-order valence-electron chi connectivity index (χ1n) is 11.5. The van der Waals surface area contributed by atoms with Gasteiger partial charge in [0.15, 0.2) is 0 Å². The molecule has 0 rings (SSSR count). The third-order valence-electron chi connectivity index (χ3n) is 5.01. The second kappa shape index (κ2) is 20.0. The minimum atomic E-state index is -2.88. The molecule has 0 aromatic rings. The summed E-state index contributed by atoms with van der Waals surface area (Å²) in [5.41, 5.74) is 0. The summed E-state index contributed by atoms with van der Waals surface area (Å²) >= 11 is 0. The lowest BCUT2D eigenvalue weighted by molar-refractivity contribution is 0.568. The first-order valence-corrected chi connectivity index (χ1v) is 14.6. The maximum Gasteiger partial charge on any atom is 0.201 e. The van der Waals surface area contributed by atoms with Crippen molar-refractivity contribution < 1.29 is 8.42 Å². The SMILES string of the molecule is CCCCCCCCCCCSS(=O)(=O)CCCCCCCCCCC. The van der Waals surface area contributed by atoms with Gasteiger partial charge in [-0.3, -0.25) is 0 Å². The van der Waals surface area contributed by atoms with Crippen LogP contribution >= 0.6 is 10.8 Å². The maximum atomic E-state index is 12.0. The monoisotopic (exact) mass is 406 g/mol. The highest BCUT2D eigenvalue weighted by Crippen LogP contribution is 2.19. The Morgan fingerprint density at radius 2 is 0.846 bits per heavy atom. The first-order chi connectivity index (χ1) is 12.6. The molecule has 0 aromatic carbocycles. The molecule has 0 aromatic heterocycles. The summed E-state index contributed by atoms with van der Waals surface area (Å²) < 4.78 is 24.1. The van der Waals surface area contributed by atoms with Crippen LogP contribution in [0.4, 0.5) is 0 Å². The van der Waals surface area contributed by atoms with Gasteiger partial charge in [-0.2, -0.15) is 0 Å². The molecule has 0 amide bonds. The highest BCUT2D eigenvalue weighted by molar-refractivity contribution is 8.72. The van der Waals surface area contributed by atoms with E-state index in [0.717, 1.165) is 25.0 Å². The van der Waals surface area contributed by atoms with Crippen LogP contribution in [0.1, 0.15) is 129 Å². The van der Waals surface area contributed by atoms with Gasteiger partial charge in [-0.15, -0.1) is 0 Å². The van der Waals surface area contributed by atoms with Gasteiger partial charge >= 0.3 is 0 Å². The van der Waals surface area contributed by atoms with E-state index in [1.807, 2.05) is 0 Å². The summed E-state index contributed by atoms with van der Waals surface area (Å²) in [6, 6.07) is 0. The van der Waals surface area contributed by atoms with Gasteiger partial charge in [0.25, 0.3) is 0 Å². The molecule has 0 saturated heterocycles. The van der Waals surface area contributed by atoms with Crippen molar-refractivity contribution in [3.63, 3.8) is 0 Å². The third kappa shape index (κ3) is 20.6. The largest absolute Gasteiger partial charge is 0.217 e. The normalized spacial score (nSPS) is 11.9. The molecule has 0 aliphatic rings. The van der Waals surface area contributed by atoms with Gasteiger partial charge in [-0.05, 0) is 23.6 Å². The predicted molar refractivity (Wildman–Crippen MR) is 121 cm³/mol. The second-order valence-corrected chi connectivity index (χ2v) is 12.1. The molecule has 26 heavy (non-hydrogen) atoms. The standard InChI is InChI=1S/C22H46O2S2/c1-3-5-7-9-11-13-15-17-19-21-25-26(23,24)22-20-18-16-14-12-10-8-6-4-2/h3-22H2,1-2H3. The molecular formula is C22H46O2S2. The first kappa shape index (κ1) is 26.3. The molecule has 0 N–H and O–H groups in total. The molecule has 0 saturated carbocycles. The van der Waals surface area contributed by atoms with E-state index < -0.39 is 8.87 Å². The van der Waals surface area contributed by atoms with Crippen molar-refractivity contribution in [2.75, 3.05) is 11.5 Å². The van der Waals surface area contributed by atoms with E-state index in [4.69, 9.17) is 0 Å². The fourth-order valence-corrected chi connectivity index (χ4v) is 6.32. The Hall–Kier alpha value is 0.300. The summed E-state index contributed by atoms with van der Waals surface area (Å²) in [5, 5.41) is 0. The van der Waals surface area contributed by atoms with Crippen LogP contribution in [0.15, 0.2) is 0 Å². The van der Waals surface area contributed by atoms with Crippen LogP contribution in [-0.4, -0.2) is 19.9 Å². The van der Waals surface area contributed by atoms with E-state index >= 15 is 0 Å². The minimum Gasteiger partial charge on any atom is -0.217 e. The van der Waals surface area contributed by atoms with Crippen LogP contribution in [-0.2, 0) is 8.87 Å². The minimum absolute atomic E-state index is 0.380. The van der Waals surface area contributed by atoms with Gasteiger partial charge in [0.1, 0.15) is 0 Å². The van der Waals surface area contributed by atoms with E-state index in [-0.39, 0.29) is 0 Å². The summed E-state index contributed by atoms with van der Waals surface area (Å²) in [7, 11) is -1.67. The lowest BCUT2D eigenvalue weighted by Crippen LogP contribution is -2.02. The van der Waals surface area contributed by atoms with Crippen LogP contribution < -0.4 is 0 Å². The van der Waals surface area contributed by atoms with Gasteiger partial charge in [-0.1, -0.05) is 117 Å². The molecular weight excluding hydrogens is 360 g/mol. The Labute approximate surface area is 169 Å². The van der Waals surface area contributed by atoms with Crippen LogP contribution in [0, 0.1) is 0 Å². The molecule has 2 nitrogen and oxygen atoms in total. The molecule has 0 spiro atoms. The van der Waals surface area contributed by atoms with Crippen LogP contribution in [0.3, 0.4) is 0 Å². The van der Waals surface area contributed by atoms with E-state index in [1.165, 1.54) is 107 Å². The number of hydrogen-bond donors (Lipinski definition) is 0. The quantitative estimate of drug-likeness (QED) is 0.142. The van der Waals surface area contributed by atoms with Gasteiger partial charge in [0.2, 0.25) is 8.87 Å². The Kier molecular flexibility index (Phi) is 20.3. The van der Waals surface area contributed by atoms with Crippen molar-refractivity contribution >= 4 is 19.7 Å². The van der Waals surface area contributed by atoms with Crippen molar-refractivity contribution in [1.82, 2.24) is 0 Å². The molecule has 0 aliphatic carbocycles. The van der Waals surface area contributed by atoms with Crippen molar-refractivity contribution in [2.45, 2.75) is 129 Å². The lowest BCUT2D eigenvalue weighted by Gasteiger charge is -2.05. The molecule has 4 heteroatoms. The number of hydrogen-bond acceptors (Lipinski definition) is 3. The van der Waals surface area contributed by atoms with E-state index in [1.54, 1.807) is 0 Å². The third-order valence-corrected chi connectivity index (χ3v) is 8.69. The summed E-state index contributed by atoms with van der Waals surface area (Å²) in [4.78, 5) is 0. The smallest absolute Gasteiger partial charge is 0.201 e. The molecule has 0 unspecified atom stereocenters. The average Bonchev–Trinajstić information content (AvgIpc) is 2.62. The highest BCUT2D eigenvalue weighted by Gasteiger charge is 2.10. The number of rotatable bonds is 21. The highest BCUT2D eigenvalue weighted by atomic mass is 33.1. The van der Waals surface area contributed by atoms with Gasteiger partial charge in [0, 0.05) is 5.75 Å². The molecule has 0 atom stereocenters. The zero-order chi connectivity index (χ0) is 19.3. The molecule has 0 heterocycles. The van der Waals surface area contributed by atoms with Gasteiger partial charge in [0.05, 0.1) is 5.75 Å². The van der Waals surface area contributed by atoms with Gasteiger partial charge < -0.3 is 0 Å². The maximum absolute atomic E-state index is 12.0. The summed E-state index contributed by atoms with van der Waals surface area (Å²) in [6.07, 6.45) is 22.7. The Bertz CT molecular complexity index is 366. The van der Waals surface area contributed by atoms with Crippen molar-refractivity contribution in [3.05, 3.63) is 0 Å². The van der Waals surface area contributed by atoms with Crippen LogP contribution in [0.2, 0.25) is 0 Å². The van der Waals surface area contributed by atoms with Crippen LogP contribution in [0.5, 0.6) is 0 Å². The summed E-state index contributed by atoms with van der Waals surface area (Å²) in [5.74, 6) is 1.17. The Morgan fingerprint density at radius 3 is 1.27 bits per heavy atom. The van der Waals surface area contributed by atoms with Crippen molar-refractivity contribution in [1.29, 1.82) is 0 Å². The van der Waals surface area contributed by atoms with E-state index in [9.17, 15) is 8.42 Å². The van der Waals surface area contributed by atoms with Crippen LogP contribution in [0.25, 0.3) is 0 Å². The lowest BCUT2D eigenvalue weighted by atomic mass is 10.1. The Balaban J connectivity index is 3.34. The average molecular weight is 407 g/mol. The van der Waals surface area contributed by atoms with Crippen molar-refractivity contribution in [2.24, 2.45) is 0 Å². The molecule has 0 radical (unpaired) electrons. The molecule has 0 fully saturated rings. The van der Waals surface area contributed by atoms with E-state index in [0.29, 0.717) is 5.75 Å². The van der Waals surface area contributed by atoms with E-state index in [2.05, 4.69) is 13.8 Å². The molecule has 158 valence electrons. The zero-order valence-electron chi connectivity index (χ0n) is 17.8. The Morgan fingerprint density at radius 1 is 0.500 bits per heavy atom. The zero-order valence-corrected chi connectivity index (χ0v) is 19.4. The predicted octanol–water partition coefficient (Wildman–Crippen LogP) is 8.11. The van der Waals surface area contributed by atoms with Crippen molar-refractivity contribution in [3.8, 4) is 0 Å². The second-order valence-electron chi connectivity index (χ2n) is 7.74.